The third-order valence-electron chi connectivity index (χ3n) is 7.18. The lowest BCUT2D eigenvalue weighted by Gasteiger charge is -2.12. The van der Waals surface area contributed by atoms with E-state index in [9.17, 15) is 17.6 Å². The highest BCUT2D eigenvalue weighted by atomic mass is 32.2. The monoisotopic (exact) mass is 582 g/mol. The Bertz CT molecular complexity index is 2100. The van der Waals surface area contributed by atoms with Gasteiger partial charge in [-0.15, -0.1) is 0 Å². The summed E-state index contributed by atoms with van der Waals surface area (Å²) in [4.78, 5) is 19.6. The van der Waals surface area contributed by atoms with E-state index < -0.39 is 21.0 Å². The largest absolute Gasteiger partial charge is 0.353 e. The summed E-state index contributed by atoms with van der Waals surface area (Å²) in [7, 11) is -3.62. The van der Waals surface area contributed by atoms with Gasteiger partial charge in [-0.1, -0.05) is 25.1 Å². The number of nitrogens with two attached hydrogens (primary N) is 1. The van der Waals surface area contributed by atoms with Gasteiger partial charge in [0, 0.05) is 40.7 Å². The molecule has 0 aliphatic rings. The molecule has 3 aromatic carbocycles. The molecule has 9 nitrogen and oxygen atoms in total. The number of rotatable bonds is 7. The van der Waals surface area contributed by atoms with Crippen molar-refractivity contribution in [1.29, 1.82) is 0 Å². The summed E-state index contributed by atoms with van der Waals surface area (Å²) in [6, 6.07) is 19.4. The Hall–Kier alpha value is -4.87. The van der Waals surface area contributed by atoms with Gasteiger partial charge in [0.2, 0.25) is 5.91 Å². The van der Waals surface area contributed by atoms with E-state index in [4.69, 9.17) is 5.73 Å². The number of carbonyl (C=O) groups is 1. The maximum atomic E-state index is 14.7. The van der Waals surface area contributed by atoms with Crippen molar-refractivity contribution in [2.24, 2.45) is 5.73 Å². The minimum atomic E-state index is -3.62. The topological polar surface area (TPSA) is 147 Å². The lowest BCUT2D eigenvalue weighted by molar-refractivity contribution is -0.115. The zero-order valence-corrected chi connectivity index (χ0v) is 23.6. The third-order valence-corrected chi connectivity index (χ3v) is 8.37. The minimum Gasteiger partial charge on any atom is -0.353 e. The van der Waals surface area contributed by atoms with Crippen molar-refractivity contribution in [2.75, 3.05) is 11.6 Å². The zero-order valence-electron chi connectivity index (χ0n) is 22.8. The number of fused-ring (bicyclic) bond motifs is 2. The van der Waals surface area contributed by atoms with Gasteiger partial charge in [-0.2, -0.15) is 5.10 Å². The van der Waals surface area contributed by atoms with Crippen molar-refractivity contribution >= 4 is 43.2 Å². The first-order valence-corrected chi connectivity index (χ1v) is 15.2. The molecule has 0 aliphatic heterocycles. The normalized spacial score (nSPS) is 12.6. The Morgan fingerprint density at radius 2 is 1.81 bits per heavy atom. The van der Waals surface area contributed by atoms with Crippen LogP contribution in [0.4, 0.5) is 10.1 Å². The standard InChI is InChI=1S/C31H27FN6O3S/c1-3-29(39)35-22-12-20(15-34-16-22)17-7-8-27-25(13-17)30(38-37-27)28-14-24-23(5-4-6-26(24)36-28)18-9-19(11-21(32)10-18)31(33)42(2,40)41/h4-16,31,36H,3,33H2,1-2H3,(H,35,39)(H,37,38). The second-order valence-electron chi connectivity index (χ2n) is 10.2. The number of hydrogen-bond acceptors (Lipinski definition) is 6. The molecule has 0 bridgehead atoms. The van der Waals surface area contributed by atoms with Gasteiger partial charge in [0.25, 0.3) is 0 Å². The SMILES string of the molecule is CCC(=O)Nc1cncc(-c2ccc3[nH]nc(-c4cc5c(-c6cc(F)cc(C(N)S(C)(=O)=O)c6)cccc5[nH]4)c3c2)c1. The van der Waals surface area contributed by atoms with Crippen LogP contribution >= 0.6 is 0 Å². The fraction of sp³-hybridized carbons (Fsp3) is 0.129. The minimum absolute atomic E-state index is 0.0904. The van der Waals surface area contributed by atoms with Crippen molar-refractivity contribution in [3.05, 3.63) is 90.5 Å². The van der Waals surface area contributed by atoms with Crippen LogP contribution in [0.2, 0.25) is 0 Å². The number of benzene rings is 3. The van der Waals surface area contributed by atoms with Crippen molar-refractivity contribution in [1.82, 2.24) is 20.2 Å². The number of H-pyrrole nitrogens is 2. The molecule has 0 saturated heterocycles. The maximum Gasteiger partial charge on any atom is 0.224 e. The summed E-state index contributed by atoms with van der Waals surface area (Å²) in [5, 5.41) is 10.8. The van der Waals surface area contributed by atoms with Crippen LogP contribution < -0.4 is 11.1 Å². The first-order valence-electron chi connectivity index (χ1n) is 13.2. The molecule has 1 amide bonds. The number of hydrogen-bond donors (Lipinski definition) is 4. The number of anilines is 1. The highest BCUT2D eigenvalue weighted by Crippen LogP contribution is 2.36. The van der Waals surface area contributed by atoms with Gasteiger partial charge in [-0.25, -0.2) is 12.8 Å². The molecule has 1 unspecified atom stereocenters. The number of carbonyl (C=O) groups excluding carboxylic acids is 1. The van der Waals surface area contributed by atoms with Crippen LogP contribution in [-0.4, -0.2) is 40.7 Å². The van der Waals surface area contributed by atoms with E-state index in [1.165, 1.54) is 6.07 Å². The lowest BCUT2D eigenvalue weighted by atomic mass is 9.99. The van der Waals surface area contributed by atoms with Crippen LogP contribution in [-0.2, 0) is 14.6 Å². The molecule has 6 rings (SSSR count). The van der Waals surface area contributed by atoms with Gasteiger partial charge in [0.05, 0.1) is 23.1 Å². The number of aromatic amines is 2. The molecule has 5 N–H and O–H groups in total. The molecule has 0 aliphatic carbocycles. The summed E-state index contributed by atoms with van der Waals surface area (Å²) >= 11 is 0. The number of halogens is 1. The van der Waals surface area contributed by atoms with E-state index in [1.54, 1.807) is 25.4 Å². The summed E-state index contributed by atoms with van der Waals surface area (Å²) < 4.78 is 38.7. The average Bonchev–Trinajstić information content (AvgIpc) is 3.59. The molecule has 0 fully saturated rings. The first-order chi connectivity index (χ1) is 20.1. The van der Waals surface area contributed by atoms with Crippen LogP contribution in [0, 0.1) is 5.82 Å². The van der Waals surface area contributed by atoms with Gasteiger partial charge in [0.15, 0.2) is 9.84 Å². The lowest BCUT2D eigenvalue weighted by Crippen LogP contribution is -2.20. The fourth-order valence-corrected chi connectivity index (χ4v) is 5.66. The molecule has 3 heterocycles. The highest BCUT2D eigenvalue weighted by Gasteiger charge is 2.21. The van der Waals surface area contributed by atoms with Gasteiger partial charge in [-0.05, 0) is 70.8 Å². The molecule has 0 saturated carbocycles. The molecule has 42 heavy (non-hydrogen) atoms. The summed E-state index contributed by atoms with van der Waals surface area (Å²) in [5.74, 6) is -0.666. The number of nitrogens with one attached hydrogen (secondary N) is 3. The van der Waals surface area contributed by atoms with Crippen LogP contribution in [0.3, 0.4) is 0 Å². The maximum absolute atomic E-state index is 14.7. The van der Waals surface area contributed by atoms with Crippen molar-refractivity contribution < 1.29 is 17.6 Å². The van der Waals surface area contributed by atoms with Crippen molar-refractivity contribution in [3.63, 3.8) is 0 Å². The predicted molar refractivity (Wildman–Crippen MR) is 163 cm³/mol. The Kier molecular flexibility index (Phi) is 6.83. The van der Waals surface area contributed by atoms with E-state index >= 15 is 0 Å². The molecule has 11 heteroatoms. The molecule has 0 radical (unpaired) electrons. The van der Waals surface area contributed by atoms with Crippen LogP contribution in [0.15, 0.2) is 79.1 Å². The molecular formula is C31H27FN6O3S. The summed E-state index contributed by atoms with van der Waals surface area (Å²) in [6.45, 7) is 1.79. The van der Waals surface area contributed by atoms with E-state index in [0.29, 0.717) is 28.9 Å². The molecule has 212 valence electrons. The Labute approximate surface area is 240 Å². The number of aromatic nitrogens is 4. The number of pyridine rings is 1. The fourth-order valence-electron chi connectivity index (χ4n) is 5.03. The van der Waals surface area contributed by atoms with Crippen LogP contribution in [0.5, 0.6) is 0 Å². The number of sulfone groups is 1. The highest BCUT2D eigenvalue weighted by molar-refractivity contribution is 7.90. The smallest absolute Gasteiger partial charge is 0.224 e. The summed E-state index contributed by atoms with van der Waals surface area (Å²) in [6.07, 6.45) is 4.74. The molecule has 6 aromatic rings. The van der Waals surface area contributed by atoms with E-state index in [0.717, 1.165) is 50.9 Å². The quantitative estimate of drug-likeness (QED) is 0.183. The third kappa shape index (κ3) is 5.15. The van der Waals surface area contributed by atoms with Gasteiger partial charge in [-0.3, -0.25) is 14.9 Å². The van der Waals surface area contributed by atoms with E-state index in [-0.39, 0.29) is 11.5 Å². The second-order valence-corrected chi connectivity index (χ2v) is 12.3. The van der Waals surface area contributed by atoms with Gasteiger partial charge in [0.1, 0.15) is 16.9 Å². The predicted octanol–water partition coefficient (Wildman–Crippen LogP) is 5.93. The van der Waals surface area contributed by atoms with Crippen molar-refractivity contribution in [2.45, 2.75) is 18.7 Å². The first kappa shape index (κ1) is 27.3. The molecule has 3 aromatic heterocycles. The Morgan fingerprint density at radius 3 is 2.60 bits per heavy atom. The van der Waals surface area contributed by atoms with Gasteiger partial charge >= 0.3 is 0 Å². The Morgan fingerprint density at radius 1 is 0.976 bits per heavy atom. The van der Waals surface area contributed by atoms with Crippen LogP contribution in [0.1, 0.15) is 24.3 Å². The number of nitrogens with zero attached hydrogens (tertiary/aromatic N) is 2. The van der Waals surface area contributed by atoms with E-state index in [2.05, 4.69) is 25.5 Å². The average molecular weight is 583 g/mol. The second kappa shape index (κ2) is 10.5. The van der Waals surface area contributed by atoms with Gasteiger partial charge < -0.3 is 16.0 Å². The van der Waals surface area contributed by atoms with E-state index in [1.807, 2.05) is 48.5 Å². The molecule has 0 spiro atoms. The molecular weight excluding hydrogens is 555 g/mol. The Balaban J connectivity index is 1.42. The van der Waals surface area contributed by atoms with Crippen LogP contribution in [0.25, 0.3) is 55.4 Å². The van der Waals surface area contributed by atoms with Crippen molar-refractivity contribution in [3.8, 4) is 33.6 Å². The summed E-state index contributed by atoms with van der Waals surface area (Å²) in [5.41, 5.74) is 12.8. The molecule has 1 atom stereocenters. The zero-order chi connectivity index (χ0) is 29.6. The number of amides is 1.